The lowest BCUT2D eigenvalue weighted by Gasteiger charge is -2.28. The lowest BCUT2D eigenvalue weighted by molar-refractivity contribution is -0.121. The number of nitrogens with zero attached hydrogens (tertiary/aromatic N) is 1. The minimum absolute atomic E-state index is 0.139. The van der Waals surface area contributed by atoms with Crippen molar-refractivity contribution in [2.75, 3.05) is 17.1 Å². The van der Waals surface area contributed by atoms with Gasteiger partial charge in [0.05, 0.1) is 11.9 Å². The number of halogens is 1. The van der Waals surface area contributed by atoms with Gasteiger partial charge in [-0.15, -0.1) is 0 Å². The Morgan fingerprint density at radius 1 is 1.36 bits per heavy atom. The molecule has 0 fully saturated rings. The number of rotatable bonds is 7. The molecule has 0 saturated heterocycles. The van der Waals surface area contributed by atoms with Crippen molar-refractivity contribution in [3.63, 3.8) is 0 Å². The zero-order valence-electron chi connectivity index (χ0n) is 14.7. The second-order valence-electron chi connectivity index (χ2n) is 6.36. The second kappa shape index (κ2) is 8.47. The van der Waals surface area contributed by atoms with Gasteiger partial charge in [-0.05, 0) is 57.2 Å². The molecule has 0 bridgehead atoms. The van der Waals surface area contributed by atoms with Gasteiger partial charge in [0.15, 0.2) is 0 Å². The molecule has 0 unspecified atom stereocenters. The van der Waals surface area contributed by atoms with Crippen LogP contribution in [0.4, 0.5) is 10.1 Å². The Hall–Kier alpha value is -1.89. The minimum Gasteiger partial charge on any atom is -0.354 e. The number of anilines is 1. The number of hydrogen-bond acceptors (Lipinski definition) is 3. The van der Waals surface area contributed by atoms with E-state index in [1.54, 1.807) is 0 Å². The highest BCUT2D eigenvalue weighted by Gasteiger charge is 2.29. The standard InChI is InChI=1S/C18H25FN2O3S/c1-14(18(22)20-12-11-15-7-4-3-5-8-15)21(25(2,23)24)17-10-6-9-16(19)13-17/h6-7,9-10,13-14H,3-5,8,11-12H2,1-2H3,(H,20,22)/t14-/m1/s1. The first-order chi connectivity index (χ1) is 11.8. The first kappa shape index (κ1) is 19.4. The number of amides is 1. The molecule has 5 nitrogen and oxygen atoms in total. The van der Waals surface area contributed by atoms with E-state index in [1.165, 1.54) is 43.5 Å². The summed E-state index contributed by atoms with van der Waals surface area (Å²) >= 11 is 0. The van der Waals surface area contributed by atoms with Crippen molar-refractivity contribution in [3.05, 3.63) is 41.7 Å². The molecule has 0 radical (unpaired) electrons. The highest BCUT2D eigenvalue weighted by atomic mass is 32.2. The summed E-state index contributed by atoms with van der Waals surface area (Å²) in [5, 5.41) is 2.79. The zero-order chi connectivity index (χ0) is 18.4. The number of nitrogens with one attached hydrogen (secondary N) is 1. The summed E-state index contributed by atoms with van der Waals surface area (Å²) < 4.78 is 38.7. The van der Waals surface area contributed by atoms with Gasteiger partial charge in [0.2, 0.25) is 15.9 Å². The number of benzene rings is 1. The molecule has 1 aromatic carbocycles. The molecule has 1 aromatic rings. The zero-order valence-corrected chi connectivity index (χ0v) is 15.5. The molecule has 1 N–H and O–H groups in total. The number of sulfonamides is 1. The molecule has 1 amide bonds. The van der Waals surface area contributed by atoms with Gasteiger partial charge in [-0.25, -0.2) is 12.8 Å². The van der Waals surface area contributed by atoms with Crippen molar-refractivity contribution >= 4 is 21.6 Å². The van der Waals surface area contributed by atoms with E-state index in [4.69, 9.17) is 0 Å². The van der Waals surface area contributed by atoms with Crippen molar-refractivity contribution in [1.29, 1.82) is 0 Å². The summed E-state index contributed by atoms with van der Waals surface area (Å²) in [6.07, 6.45) is 8.53. The first-order valence-corrected chi connectivity index (χ1v) is 10.3. The van der Waals surface area contributed by atoms with E-state index < -0.39 is 27.8 Å². The Morgan fingerprint density at radius 3 is 2.72 bits per heavy atom. The summed E-state index contributed by atoms with van der Waals surface area (Å²) in [5.41, 5.74) is 1.48. The van der Waals surface area contributed by atoms with Crippen LogP contribution in [0.2, 0.25) is 0 Å². The van der Waals surface area contributed by atoms with Gasteiger partial charge in [0.1, 0.15) is 11.9 Å². The van der Waals surface area contributed by atoms with Crippen LogP contribution in [0.25, 0.3) is 0 Å². The predicted molar refractivity (Wildman–Crippen MR) is 97.4 cm³/mol. The Morgan fingerprint density at radius 2 is 2.12 bits per heavy atom. The summed E-state index contributed by atoms with van der Waals surface area (Å²) in [6, 6.07) is 4.27. The van der Waals surface area contributed by atoms with Crippen LogP contribution in [0, 0.1) is 5.82 Å². The molecule has 0 heterocycles. The number of hydrogen-bond donors (Lipinski definition) is 1. The fraction of sp³-hybridized carbons (Fsp3) is 0.500. The lowest BCUT2D eigenvalue weighted by atomic mass is 9.97. The largest absolute Gasteiger partial charge is 0.354 e. The van der Waals surface area contributed by atoms with E-state index in [2.05, 4.69) is 11.4 Å². The molecular weight excluding hydrogens is 343 g/mol. The van der Waals surface area contributed by atoms with E-state index in [0.29, 0.717) is 6.54 Å². The molecule has 0 aromatic heterocycles. The normalized spacial score (nSPS) is 16.0. The van der Waals surface area contributed by atoms with Crippen molar-refractivity contribution in [3.8, 4) is 0 Å². The van der Waals surface area contributed by atoms with E-state index >= 15 is 0 Å². The summed E-state index contributed by atoms with van der Waals surface area (Å²) in [7, 11) is -3.73. The topological polar surface area (TPSA) is 66.5 Å². The van der Waals surface area contributed by atoms with Gasteiger partial charge >= 0.3 is 0 Å². The van der Waals surface area contributed by atoms with Crippen LogP contribution >= 0.6 is 0 Å². The Balaban J connectivity index is 2.04. The Bertz CT molecular complexity index is 746. The number of allylic oxidation sites excluding steroid dienone is 1. The van der Waals surface area contributed by atoms with Gasteiger partial charge in [0, 0.05) is 6.54 Å². The van der Waals surface area contributed by atoms with Gasteiger partial charge in [-0.1, -0.05) is 17.7 Å². The van der Waals surface area contributed by atoms with Gasteiger partial charge in [0.25, 0.3) is 0 Å². The summed E-state index contributed by atoms with van der Waals surface area (Å²) in [6.45, 7) is 1.97. The Labute approximate surface area is 149 Å². The van der Waals surface area contributed by atoms with Crippen LogP contribution in [-0.2, 0) is 14.8 Å². The molecule has 0 spiro atoms. The van der Waals surface area contributed by atoms with Crippen molar-refractivity contribution < 1.29 is 17.6 Å². The molecule has 0 saturated carbocycles. The average molecular weight is 368 g/mol. The quantitative estimate of drug-likeness (QED) is 0.753. The highest BCUT2D eigenvalue weighted by Crippen LogP contribution is 2.22. The maximum absolute atomic E-state index is 13.5. The van der Waals surface area contributed by atoms with Crippen LogP contribution in [0.15, 0.2) is 35.9 Å². The molecule has 138 valence electrons. The molecule has 1 atom stereocenters. The van der Waals surface area contributed by atoms with E-state index in [0.717, 1.165) is 35.9 Å². The first-order valence-electron chi connectivity index (χ1n) is 8.49. The third kappa shape index (κ3) is 5.56. The van der Waals surface area contributed by atoms with Gasteiger partial charge in [-0.3, -0.25) is 9.10 Å². The Kier molecular flexibility index (Phi) is 6.58. The monoisotopic (exact) mass is 368 g/mol. The molecule has 1 aliphatic rings. The van der Waals surface area contributed by atoms with E-state index in [-0.39, 0.29) is 5.69 Å². The molecule has 25 heavy (non-hydrogen) atoms. The fourth-order valence-corrected chi connectivity index (χ4v) is 4.21. The van der Waals surface area contributed by atoms with Crippen LogP contribution in [-0.4, -0.2) is 33.2 Å². The average Bonchev–Trinajstić information content (AvgIpc) is 2.54. The third-order valence-electron chi connectivity index (χ3n) is 4.28. The lowest BCUT2D eigenvalue weighted by Crippen LogP contribution is -2.48. The maximum atomic E-state index is 13.5. The molecule has 1 aliphatic carbocycles. The van der Waals surface area contributed by atoms with Crippen LogP contribution in [0.3, 0.4) is 0 Å². The fourth-order valence-electron chi connectivity index (χ4n) is 3.05. The third-order valence-corrected chi connectivity index (χ3v) is 5.52. The highest BCUT2D eigenvalue weighted by molar-refractivity contribution is 7.92. The number of carbonyl (C=O) groups is 1. The van der Waals surface area contributed by atoms with E-state index in [1.807, 2.05) is 0 Å². The van der Waals surface area contributed by atoms with Crippen molar-refractivity contribution in [2.45, 2.75) is 45.1 Å². The van der Waals surface area contributed by atoms with Crippen LogP contribution in [0.5, 0.6) is 0 Å². The van der Waals surface area contributed by atoms with Gasteiger partial charge in [-0.2, -0.15) is 0 Å². The summed E-state index contributed by atoms with van der Waals surface area (Å²) in [4.78, 5) is 12.4. The van der Waals surface area contributed by atoms with Crippen molar-refractivity contribution in [2.24, 2.45) is 0 Å². The van der Waals surface area contributed by atoms with Crippen LogP contribution < -0.4 is 9.62 Å². The van der Waals surface area contributed by atoms with E-state index in [9.17, 15) is 17.6 Å². The van der Waals surface area contributed by atoms with Gasteiger partial charge < -0.3 is 5.32 Å². The van der Waals surface area contributed by atoms with Crippen LogP contribution in [0.1, 0.15) is 39.0 Å². The maximum Gasteiger partial charge on any atom is 0.243 e. The number of carbonyl (C=O) groups excluding carboxylic acids is 1. The second-order valence-corrected chi connectivity index (χ2v) is 8.22. The smallest absolute Gasteiger partial charge is 0.243 e. The molecule has 2 rings (SSSR count). The predicted octanol–water partition coefficient (Wildman–Crippen LogP) is 2.99. The summed E-state index contributed by atoms with van der Waals surface area (Å²) in [5.74, 6) is -0.950. The minimum atomic E-state index is -3.73. The SMILES string of the molecule is C[C@H](C(=O)NCCC1=CCCCC1)N(c1cccc(F)c1)S(C)(=O)=O. The molecule has 7 heteroatoms. The van der Waals surface area contributed by atoms with Crippen molar-refractivity contribution in [1.82, 2.24) is 5.32 Å². The molecule has 0 aliphatic heterocycles. The molecular formula is C18H25FN2O3S.